The molecule has 3 nitrogen and oxygen atoms in total. The molecular weight excluding hydrogens is 270 g/mol. The van der Waals surface area contributed by atoms with E-state index in [-0.39, 0.29) is 0 Å². The van der Waals surface area contributed by atoms with E-state index in [2.05, 4.69) is 5.32 Å². The number of hydrogen-bond donors (Lipinski definition) is 1. The van der Waals surface area contributed by atoms with Gasteiger partial charge in [-0.1, -0.05) is 11.6 Å². The lowest BCUT2D eigenvalue weighted by Gasteiger charge is -2.22. The maximum atomic E-state index is 11.6. The molecule has 1 atom stereocenters. The summed E-state index contributed by atoms with van der Waals surface area (Å²) in [4.78, 5) is 0.314. The quantitative estimate of drug-likeness (QED) is 0.928. The van der Waals surface area contributed by atoms with E-state index in [0.29, 0.717) is 15.8 Å². The Balaban J connectivity index is 2.20. The van der Waals surface area contributed by atoms with Crippen LogP contribution in [0.3, 0.4) is 0 Å². The molecule has 0 bridgehead atoms. The topological polar surface area (TPSA) is 46.2 Å². The highest BCUT2D eigenvalue weighted by molar-refractivity contribution is 7.90. The lowest BCUT2D eigenvalue weighted by molar-refractivity contribution is 0.376. The Bertz CT molecular complexity index is 522. The van der Waals surface area contributed by atoms with Crippen molar-refractivity contribution in [1.29, 1.82) is 0 Å². The zero-order valence-corrected chi connectivity index (χ0v) is 12.0. The molecule has 1 aromatic carbocycles. The number of halogens is 1. The molecule has 0 aliphatic carbocycles. The molecule has 1 heterocycles. The monoisotopic (exact) mass is 287 g/mol. The van der Waals surface area contributed by atoms with E-state index in [1.807, 2.05) is 6.07 Å². The average molecular weight is 288 g/mol. The molecule has 1 aliphatic rings. The van der Waals surface area contributed by atoms with Crippen molar-refractivity contribution in [2.24, 2.45) is 5.92 Å². The summed E-state index contributed by atoms with van der Waals surface area (Å²) in [5.74, 6) is 0.574. The van der Waals surface area contributed by atoms with Gasteiger partial charge in [-0.15, -0.1) is 0 Å². The minimum atomic E-state index is -3.19. The lowest BCUT2D eigenvalue weighted by atomic mass is 9.92. The SMILES string of the molecule is CS(=O)(=O)c1cc(Cl)cc(CC2CCCNC2)c1. The maximum Gasteiger partial charge on any atom is 0.175 e. The van der Waals surface area contributed by atoms with Gasteiger partial charge in [-0.05, 0) is 62.0 Å². The Morgan fingerprint density at radius 1 is 1.39 bits per heavy atom. The summed E-state index contributed by atoms with van der Waals surface area (Å²) in [6, 6.07) is 5.13. The number of nitrogens with one attached hydrogen (secondary N) is 1. The highest BCUT2D eigenvalue weighted by atomic mass is 35.5. The van der Waals surface area contributed by atoms with Crippen LogP contribution in [0.15, 0.2) is 23.1 Å². The Morgan fingerprint density at radius 2 is 2.17 bits per heavy atom. The molecule has 5 heteroatoms. The van der Waals surface area contributed by atoms with E-state index in [0.717, 1.165) is 25.1 Å². The van der Waals surface area contributed by atoms with Crippen molar-refractivity contribution >= 4 is 21.4 Å². The first-order valence-corrected chi connectivity index (χ1v) is 8.42. The average Bonchev–Trinajstić information content (AvgIpc) is 2.28. The predicted octanol–water partition coefficient (Wildman–Crippen LogP) is 2.29. The Labute approximate surface area is 113 Å². The van der Waals surface area contributed by atoms with Crippen LogP contribution >= 0.6 is 11.6 Å². The molecule has 1 saturated heterocycles. The fourth-order valence-electron chi connectivity index (χ4n) is 2.38. The van der Waals surface area contributed by atoms with Crippen LogP contribution in [0.25, 0.3) is 0 Å². The van der Waals surface area contributed by atoms with E-state index in [4.69, 9.17) is 11.6 Å². The van der Waals surface area contributed by atoms with Crippen LogP contribution in [0.2, 0.25) is 5.02 Å². The third kappa shape index (κ3) is 3.70. The molecule has 1 aromatic rings. The smallest absolute Gasteiger partial charge is 0.175 e. The van der Waals surface area contributed by atoms with Gasteiger partial charge in [-0.25, -0.2) is 8.42 Å². The minimum Gasteiger partial charge on any atom is -0.316 e. The van der Waals surface area contributed by atoms with Crippen molar-refractivity contribution < 1.29 is 8.42 Å². The van der Waals surface area contributed by atoms with Gasteiger partial charge in [0.05, 0.1) is 4.90 Å². The number of piperidine rings is 1. The van der Waals surface area contributed by atoms with Gasteiger partial charge in [0, 0.05) is 11.3 Å². The molecule has 0 radical (unpaired) electrons. The first-order valence-electron chi connectivity index (χ1n) is 6.15. The van der Waals surface area contributed by atoms with E-state index < -0.39 is 9.84 Å². The van der Waals surface area contributed by atoms with E-state index >= 15 is 0 Å². The van der Waals surface area contributed by atoms with Crippen LogP contribution in [0, 0.1) is 5.92 Å². The predicted molar refractivity (Wildman–Crippen MR) is 73.9 cm³/mol. The third-order valence-corrected chi connectivity index (χ3v) is 4.59. The van der Waals surface area contributed by atoms with Gasteiger partial charge in [0.2, 0.25) is 0 Å². The van der Waals surface area contributed by atoms with Crippen LogP contribution in [0.4, 0.5) is 0 Å². The normalized spacial score (nSPS) is 20.9. The minimum absolute atomic E-state index is 0.314. The first-order chi connectivity index (χ1) is 8.45. The van der Waals surface area contributed by atoms with Crippen molar-refractivity contribution in [2.75, 3.05) is 19.3 Å². The van der Waals surface area contributed by atoms with Gasteiger partial charge in [0.1, 0.15) is 0 Å². The Kier molecular flexibility index (Phi) is 4.30. The van der Waals surface area contributed by atoms with Crippen LogP contribution < -0.4 is 5.32 Å². The molecular formula is C13H18ClNO2S. The van der Waals surface area contributed by atoms with Crippen molar-refractivity contribution in [1.82, 2.24) is 5.32 Å². The molecule has 2 rings (SSSR count). The largest absolute Gasteiger partial charge is 0.316 e. The molecule has 0 aromatic heterocycles. The summed E-state index contributed by atoms with van der Waals surface area (Å²) in [6.45, 7) is 2.08. The Hall–Kier alpha value is -0.580. The van der Waals surface area contributed by atoms with Gasteiger partial charge in [0.15, 0.2) is 9.84 Å². The third-order valence-electron chi connectivity index (χ3n) is 3.28. The number of benzene rings is 1. The van der Waals surface area contributed by atoms with E-state index in [1.165, 1.54) is 25.2 Å². The van der Waals surface area contributed by atoms with Gasteiger partial charge >= 0.3 is 0 Å². The molecule has 0 saturated carbocycles. The summed E-state index contributed by atoms with van der Waals surface area (Å²) in [6.07, 6.45) is 4.47. The van der Waals surface area contributed by atoms with Crippen LogP contribution in [-0.4, -0.2) is 27.8 Å². The zero-order chi connectivity index (χ0) is 13.2. The van der Waals surface area contributed by atoms with Crippen molar-refractivity contribution in [2.45, 2.75) is 24.2 Å². The summed E-state index contributed by atoms with van der Waals surface area (Å²) >= 11 is 5.99. The summed E-state index contributed by atoms with van der Waals surface area (Å²) in [7, 11) is -3.19. The van der Waals surface area contributed by atoms with E-state index in [9.17, 15) is 8.42 Å². The standard InChI is InChI=1S/C13H18ClNO2S/c1-18(16,17)13-7-11(6-12(14)8-13)5-10-3-2-4-15-9-10/h6-8,10,15H,2-5,9H2,1H3. The zero-order valence-electron chi connectivity index (χ0n) is 10.4. The molecule has 100 valence electrons. The van der Waals surface area contributed by atoms with Crippen LogP contribution in [0.1, 0.15) is 18.4 Å². The lowest BCUT2D eigenvalue weighted by Crippen LogP contribution is -2.30. The summed E-state index contributed by atoms with van der Waals surface area (Å²) in [5.41, 5.74) is 1.01. The maximum absolute atomic E-state index is 11.6. The number of rotatable bonds is 3. The molecule has 1 fully saturated rings. The molecule has 1 unspecified atom stereocenters. The molecule has 0 spiro atoms. The second kappa shape index (κ2) is 5.59. The fourth-order valence-corrected chi connectivity index (χ4v) is 3.41. The fraction of sp³-hybridized carbons (Fsp3) is 0.538. The Morgan fingerprint density at radius 3 is 2.78 bits per heavy atom. The number of hydrogen-bond acceptors (Lipinski definition) is 3. The van der Waals surface area contributed by atoms with E-state index in [1.54, 1.807) is 6.07 Å². The van der Waals surface area contributed by atoms with Crippen molar-refractivity contribution in [3.05, 3.63) is 28.8 Å². The second-order valence-electron chi connectivity index (χ2n) is 4.98. The van der Waals surface area contributed by atoms with Gasteiger partial charge < -0.3 is 5.32 Å². The van der Waals surface area contributed by atoms with Gasteiger partial charge in [-0.3, -0.25) is 0 Å². The molecule has 0 amide bonds. The number of sulfone groups is 1. The van der Waals surface area contributed by atoms with Crippen LogP contribution in [0.5, 0.6) is 0 Å². The summed E-state index contributed by atoms with van der Waals surface area (Å²) in [5, 5.41) is 3.86. The molecule has 18 heavy (non-hydrogen) atoms. The summed E-state index contributed by atoms with van der Waals surface area (Å²) < 4.78 is 23.1. The molecule has 1 aliphatic heterocycles. The van der Waals surface area contributed by atoms with Gasteiger partial charge in [-0.2, -0.15) is 0 Å². The second-order valence-corrected chi connectivity index (χ2v) is 7.44. The molecule has 1 N–H and O–H groups in total. The first kappa shape index (κ1) is 13.8. The van der Waals surface area contributed by atoms with Gasteiger partial charge in [0.25, 0.3) is 0 Å². The van der Waals surface area contributed by atoms with Crippen LogP contribution in [-0.2, 0) is 16.3 Å². The van der Waals surface area contributed by atoms with Crippen molar-refractivity contribution in [3.63, 3.8) is 0 Å². The highest BCUT2D eigenvalue weighted by Crippen LogP contribution is 2.23. The highest BCUT2D eigenvalue weighted by Gasteiger charge is 2.15. The van der Waals surface area contributed by atoms with Crippen molar-refractivity contribution in [3.8, 4) is 0 Å².